The molecule has 0 aliphatic carbocycles. The first-order valence-corrected chi connectivity index (χ1v) is 8.33. The maximum absolute atomic E-state index is 6.42. The molecule has 3 rings (SSSR count). The Labute approximate surface area is 146 Å². The predicted molar refractivity (Wildman–Crippen MR) is 95.5 cm³/mol. The minimum atomic E-state index is 0.245. The lowest BCUT2D eigenvalue weighted by Crippen LogP contribution is -2.47. The number of hydrogen-bond donors (Lipinski definition) is 0. The van der Waals surface area contributed by atoms with Crippen molar-refractivity contribution < 1.29 is 0 Å². The van der Waals surface area contributed by atoms with Gasteiger partial charge in [0.15, 0.2) is 0 Å². The molecule has 1 atom stereocenters. The Hall–Kier alpha value is -0.930. The lowest BCUT2D eigenvalue weighted by molar-refractivity contribution is 0.269. The Morgan fingerprint density at radius 3 is 2.27 bits per heavy atom. The Bertz CT molecular complexity index is 657. The van der Waals surface area contributed by atoms with Crippen LogP contribution in [0.3, 0.4) is 0 Å². The van der Waals surface area contributed by atoms with Gasteiger partial charge in [0.2, 0.25) is 0 Å². The average molecular weight is 356 g/mol. The zero-order chi connectivity index (χ0) is 15.7. The van der Waals surface area contributed by atoms with Crippen molar-refractivity contribution >= 4 is 40.5 Å². The standard InChI is InChI=1S/C17H17Cl3N2/c1-21-8-9-22(16-7-6-14(19)10-15(16)20)17(11-21)12-2-4-13(18)5-3-12/h2-7,10,17H,8-9,11H2,1H3. The fraction of sp³-hybridized carbons (Fsp3) is 0.294. The van der Waals surface area contributed by atoms with Crippen LogP contribution >= 0.6 is 34.8 Å². The zero-order valence-corrected chi connectivity index (χ0v) is 14.5. The molecule has 0 bridgehead atoms. The largest absolute Gasteiger partial charge is 0.361 e. The Morgan fingerprint density at radius 1 is 0.909 bits per heavy atom. The van der Waals surface area contributed by atoms with E-state index in [4.69, 9.17) is 34.8 Å². The van der Waals surface area contributed by atoms with Crippen molar-refractivity contribution in [3.63, 3.8) is 0 Å². The molecule has 1 aliphatic rings. The van der Waals surface area contributed by atoms with Crippen LogP contribution in [0.15, 0.2) is 42.5 Å². The summed E-state index contributed by atoms with van der Waals surface area (Å²) in [4.78, 5) is 4.68. The smallest absolute Gasteiger partial charge is 0.0670 e. The van der Waals surface area contributed by atoms with Crippen LogP contribution in [0.1, 0.15) is 11.6 Å². The van der Waals surface area contributed by atoms with Gasteiger partial charge < -0.3 is 9.80 Å². The van der Waals surface area contributed by atoms with Crippen LogP contribution in [0.4, 0.5) is 5.69 Å². The van der Waals surface area contributed by atoms with E-state index in [2.05, 4.69) is 29.0 Å². The summed E-state index contributed by atoms with van der Waals surface area (Å²) < 4.78 is 0. The van der Waals surface area contributed by atoms with Crippen LogP contribution in [0.2, 0.25) is 15.1 Å². The van der Waals surface area contributed by atoms with E-state index in [9.17, 15) is 0 Å². The fourth-order valence-corrected chi connectivity index (χ4v) is 3.54. The SMILES string of the molecule is CN1CCN(c2ccc(Cl)cc2Cl)C(c2ccc(Cl)cc2)C1. The Morgan fingerprint density at radius 2 is 1.59 bits per heavy atom. The molecule has 0 saturated carbocycles. The number of likely N-dealkylation sites (N-methyl/N-ethyl adjacent to an activating group) is 1. The van der Waals surface area contributed by atoms with Gasteiger partial charge in [0.05, 0.1) is 16.8 Å². The number of rotatable bonds is 2. The highest BCUT2D eigenvalue weighted by Crippen LogP contribution is 2.36. The second kappa shape index (κ2) is 6.67. The first-order valence-electron chi connectivity index (χ1n) is 7.20. The van der Waals surface area contributed by atoms with E-state index in [1.54, 1.807) is 6.07 Å². The van der Waals surface area contributed by atoms with E-state index < -0.39 is 0 Å². The van der Waals surface area contributed by atoms with Gasteiger partial charge in [-0.25, -0.2) is 0 Å². The molecular weight excluding hydrogens is 339 g/mol. The molecule has 5 heteroatoms. The molecule has 0 radical (unpaired) electrons. The van der Waals surface area contributed by atoms with E-state index in [-0.39, 0.29) is 6.04 Å². The monoisotopic (exact) mass is 354 g/mol. The first kappa shape index (κ1) is 15.9. The van der Waals surface area contributed by atoms with Crippen LogP contribution in [0.5, 0.6) is 0 Å². The van der Waals surface area contributed by atoms with E-state index in [0.29, 0.717) is 10.0 Å². The van der Waals surface area contributed by atoms with Crippen molar-refractivity contribution in [1.82, 2.24) is 4.90 Å². The molecule has 116 valence electrons. The van der Waals surface area contributed by atoms with E-state index in [1.165, 1.54) is 5.56 Å². The van der Waals surface area contributed by atoms with Gasteiger partial charge in [0, 0.05) is 29.7 Å². The quantitative estimate of drug-likeness (QED) is 0.736. The predicted octanol–water partition coefficient (Wildman–Crippen LogP) is 5.14. The van der Waals surface area contributed by atoms with Gasteiger partial charge in [-0.15, -0.1) is 0 Å². The van der Waals surface area contributed by atoms with E-state index in [0.717, 1.165) is 30.3 Å². The minimum absolute atomic E-state index is 0.245. The molecule has 2 nitrogen and oxygen atoms in total. The van der Waals surface area contributed by atoms with Crippen molar-refractivity contribution in [3.8, 4) is 0 Å². The molecule has 1 unspecified atom stereocenters. The van der Waals surface area contributed by atoms with Gasteiger partial charge in [-0.3, -0.25) is 0 Å². The molecular formula is C17H17Cl3N2. The molecule has 0 aromatic heterocycles. The first-order chi connectivity index (χ1) is 10.5. The summed E-state index contributed by atoms with van der Waals surface area (Å²) in [5.41, 5.74) is 2.26. The molecule has 1 saturated heterocycles. The molecule has 2 aromatic rings. The fourth-order valence-electron chi connectivity index (χ4n) is 2.89. The Balaban J connectivity index is 1.98. The van der Waals surface area contributed by atoms with E-state index >= 15 is 0 Å². The number of hydrogen-bond acceptors (Lipinski definition) is 2. The van der Waals surface area contributed by atoms with Crippen molar-refractivity contribution in [2.45, 2.75) is 6.04 Å². The molecule has 2 aromatic carbocycles. The summed E-state index contributed by atoms with van der Waals surface area (Å²) >= 11 is 18.5. The highest BCUT2D eigenvalue weighted by Gasteiger charge is 2.28. The maximum atomic E-state index is 6.42. The van der Waals surface area contributed by atoms with Crippen LogP contribution < -0.4 is 4.90 Å². The van der Waals surface area contributed by atoms with Gasteiger partial charge in [0.1, 0.15) is 0 Å². The maximum Gasteiger partial charge on any atom is 0.0670 e. The van der Waals surface area contributed by atoms with Gasteiger partial charge in [0.25, 0.3) is 0 Å². The second-order valence-electron chi connectivity index (χ2n) is 5.62. The molecule has 1 aliphatic heterocycles. The highest BCUT2D eigenvalue weighted by atomic mass is 35.5. The summed E-state index contributed by atoms with van der Waals surface area (Å²) in [6.45, 7) is 2.87. The summed E-state index contributed by atoms with van der Waals surface area (Å²) in [7, 11) is 2.14. The summed E-state index contributed by atoms with van der Waals surface area (Å²) in [6.07, 6.45) is 0. The third kappa shape index (κ3) is 3.36. The number of halogens is 3. The average Bonchev–Trinajstić information content (AvgIpc) is 2.49. The lowest BCUT2D eigenvalue weighted by Gasteiger charge is -2.42. The second-order valence-corrected chi connectivity index (χ2v) is 6.90. The lowest BCUT2D eigenvalue weighted by atomic mass is 10.0. The van der Waals surface area contributed by atoms with Gasteiger partial charge >= 0.3 is 0 Å². The summed E-state index contributed by atoms with van der Waals surface area (Å²) in [6, 6.07) is 14.0. The van der Waals surface area contributed by atoms with Crippen molar-refractivity contribution in [3.05, 3.63) is 63.1 Å². The summed E-state index contributed by atoms with van der Waals surface area (Å²) in [5, 5.41) is 2.10. The van der Waals surface area contributed by atoms with Crippen LogP contribution in [-0.4, -0.2) is 31.6 Å². The third-order valence-corrected chi connectivity index (χ3v) is 4.85. The van der Waals surface area contributed by atoms with Gasteiger partial charge in [-0.1, -0.05) is 46.9 Å². The highest BCUT2D eigenvalue weighted by molar-refractivity contribution is 6.36. The molecule has 1 fully saturated rings. The number of piperazine rings is 1. The molecule has 0 amide bonds. The number of nitrogens with zero attached hydrogens (tertiary/aromatic N) is 2. The van der Waals surface area contributed by atoms with Gasteiger partial charge in [-0.05, 0) is 42.9 Å². The van der Waals surface area contributed by atoms with Crippen LogP contribution in [0.25, 0.3) is 0 Å². The van der Waals surface area contributed by atoms with Crippen LogP contribution in [-0.2, 0) is 0 Å². The van der Waals surface area contributed by atoms with Crippen molar-refractivity contribution in [2.75, 3.05) is 31.6 Å². The summed E-state index contributed by atoms with van der Waals surface area (Å²) in [5.74, 6) is 0. The van der Waals surface area contributed by atoms with Crippen molar-refractivity contribution in [1.29, 1.82) is 0 Å². The topological polar surface area (TPSA) is 6.48 Å². The van der Waals surface area contributed by atoms with E-state index in [1.807, 2.05) is 24.3 Å². The molecule has 1 heterocycles. The number of benzene rings is 2. The number of anilines is 1. The molecule has 22 heavy (non-hydrogen) atoms. The molecule has 0 spiro atoms. The zero-order valence-electron chi connectivity index (χ0n) is 12.3. The third-order valence-electron chi connectivity index (χ3n) is 4.06. The van der Waals surface area contributed by atoms with Gasteiger partial charge in [-0.2, -0.15) is 0 Å². The molecule has 0 N–H and O–H groups in total. The normalized spacial score (nSPS) is 19.5. The van der Waals surface area contributed by atoms with Crippen LogP contribution in [0, 0.1) is 0 Å². The Kier molecular flexibility index (Phi) is 4.84. The van der Waals surface area contributed by atoms with Crippen molar-refractivity contribution in [2.24, 2.45) is 0 Å². The minimum Gasteiger partial charge on any atom is -0.361 e.